The highest BCUT2D eigenvalue weighted by atomic mass is 79.9. The molecule has 0 saturated carbocycles. The molecule has 0 bridgehead atoms. The van der Waals surface area contributed by atoms with Crippen LogP contribution in [-0.2, 0) is 6.42 Å². The normalized spacial score (nSPS) is 11.4. The van der Waals surface area contributed by atoms with E-state index in [-0.39, 0.29) is 0 Å². The second kappa shape index (κ2) is 6.99. The van der Waals surface area contributed by atoms with E-state index in [1.54, 1.807) is 6.20 Å². The van der Waals surface area contributed by atoms with Crippen molar-refractivity contribution in [3.8, 4) is 0 Å². The van der Waals surface area contributed by atoms with Crippen molar-refractivity contribution in [3.63, 3.8) is 0 Å². The molecule has 0 saturated heterocycles. The second-order valence-corrected chi connectivity index (χ2v) is 6.50. The third-order valence-electron chi connectivity index (χ3n) is 3.84. The summed E-state index contributed by atoms with van der Waals surface area (Å²) < 4.78 is 6.77. The van der Waals surface area contributed by atoms with Crippen LogP contribution < -0.4 is 0 Å². The maximum Gasteiger partial charge on any atom is 0.240 e. The molecule has 122 valence electrons. The zero-order valence-corrected chi connectivity index (χ0v) is 14.8. The molecule has 2 aromatic carbocycles. The maximum absolute atomic E-state index is 5.72. The van der Waals surface area contributed by atoms with E-state index < -0.39 is 0 Å². The zero-order chi connectivity index (χ0) is 17.1. The molecular formula is C20H14BrN3O. The number of hydrogen-bond acceptors (Lipinski definition) is 4. The lowest BCUT2D eigenvalue weighted by atomic mass is 10.1. The summed E-state index contributed by atoms with van der Waals surface area (Å²) in [4.78, 5) is 4.37. The van der Waals surface area contributed by atoms with Gasteiger partial charge in [-0.1, -0.05) is 46.3 Å². The molecule has 0 radical (unpaired) electrons. The Labute approximate surface area is 153 Å². The summed E-state index contributed by atoms with van der Waals surface area (Å²) in [5, 5.41) is 9.31. The first kappa shape index (κ1) is 15.7. The molecular weight excluding hydrogens is 378 g/mol. The van der Waals surface area contributed by atoms with Crippen LogP contribution in [0.1, 0.15) is 22.9 Å². The summed E-state index contributed by atoms with van der Waals surface area (Å²) in [5.74, 6) is 1.09. The monoisotopic (exact) mass is 391 g/mol. The highest BCUT2D eigenvalue weighted by molar-refractivity contribution is 9.10. The van der Waals surface area contributed by atoms with Gasteiger partial charge in [0, 0.05) is 22.1 Å². The zero-order valence-electron chi connectivity index (χ0n) is 13.3. The standard InChI is InChI=1S/C20H14BrN3O/c21-16-9-6-14(7-10-16)13-20-24-23-19(25-20)11-8-15-3-1-5-18-17(15)4-2-12-22-18/h1-12H,13H2/b11-8+. The van der Waals surface area contributed by atoms with Crippen molar-refractivity contribution in [1.29, 1.82) is 0 Å². The molecule has 25 heavy (non-hydrogen) atoms. The number of benzene rings is 2. The lowest BCUT2D eigenvalue weighted by Crippen LogP contribution is -1.87. The van der Waals surface area contributed by atoms with E-state index in [9.17, 15) is 0 Å². The molecule has 0 aliphatic heterocycles. The third-order valence-corrected chi connectivity index (χ3v) is 4.36. The Morgan fingerprint density at radius 3 is 2.68 bits per heavy atom. The van der Waals surface area contributed by atoms with Crippen LogP contribution in [0.4, 0.5) is 0 Å². The largest absolute Gasteiger partial charge is 0.421 e. The van der Waals surface area contributed by atoms with Crippen molar-refractivity contribution in [1.82, 2.24) is 15.2 Å². The van der Waals surface area contributed by atoms with Gasteiger partial charge in [-0.2, -0.15) is 0 Å². The summed E-state index contributed by atoms with van der Waals surface area (Å²) in [6.45, 7) is 0. The Balaban J connectivity index is 1.54. The van der Waals surface area contributed by atoms with Crippen LogP contribution in [0.2, 0.25) is 0 Å². The molecule has 0 spiro atoms. The molecule has 0 N–H and O–H groups in total. The second-order valence-electron chi connectivity index (χ2n) is 5.59. The van der Waals surface area contributed by atoms with Gasteiger partial charge in [0.05, 0.1) is 11.9 Å². The highest BCUT2D eigenvalue weighted by Gasteiger charge is 2.05. The van der Waals surface area contributed by atoms with Gasteiger partial charge in [-0.15, -0.1) is 10.2 Å². The third kappa shape index (κ3) is 3.67. The van der Waals surface area contributed by atoms with Gasteiger partial charge in [0.15, 0.2) is 0 Å². The van der Waals surface area contributed by atoms with Gasteiger partial charge < -0.3 is 4.42 Å². The van der Waals surface area contributed by atoms with Crippen molar-refractivity contribution >= 4 is 39.0 Å². The predicted octanol–water partition coefficient (Wildman–Crippen LogP) is 5.14. The van der Waals surface area contributed by atoms with E-state index in [0.29, 0.717) is 18.2 Å². The van der Waals surface area contributed by atoms with Crippen LogP contribution in [0.15, 0.2) is 69.7 Å². The highest BCUT2D eigenvalue weighted by Crippen LogP contribution is 2.19. The topological polar surface area (TPSA) is 51.8 Å². The van der Waals surface area contributed by atoms with Crippen LogP contribution >= 0.6 is 15.9 Å². The number of pyridine rings is 1. The van der Waals surface area contributed by atoms with Crippen molar-refractivity contribution in [2.24, 2.45) is 0 Å². The average Bonchev–Trinajstić information content (AvgIpc) is 3.09. The summed E-state index contributed by atoms with van der Waals surface area (Å²) in [6, 6.07) is 18.1. The van der Waals surface area contributed by atoms with E-state index >= 15 is 0 Å². The lowest BCUT2D eigenvalue weighted by Gasteiger charge is -2.00. The molecule has 0 aliphatic rings. The molecule has 5 heteroatoms. The predicted molar refractivity (Wildman–Crippen MR) is 102 cm³/mol. The first-order chi connectivity index (χ1) is 12.3. The summed E-state index contributed by atoms with van der Waals surface area (Å²) in [5.41, 5.74) is 3.16. The van der Waals surface area contributed by atoms with E-state index in [1.165, 1.54) is 0 Å². The summed E-state index contributed by atoms with van der Waals surface area (Å²) in [6.07, 6.45) is 6.22. The smallest absolute Gasteiger partial charge is 0.240 e. The fourth-order valence-corrected chi connectivity index (χ4v) is 2.88. The fourth-order valence-electron chi connectivity index (χ4n) is 2.62. The Morgan fingerprint density at radius 2 is 1.80 bits per heavy atom. The SMILES string of the molecule is Brc1ccc(Cc2nnc(/C=C/c3cccc4ncccc34)o2)cc1. The molecule has 0 fully saturated rings. The molecule has 0 unspecified atom stereocenters. The molecule has 4 nitrogen and oxygen atoms in total. The number of halogens is 1. The van der Waals surface area contributed by atoms with Crippen molar-refractivity contribution in [3.05, 3.63) is 88.2 Å². The molecule has 0 aliphatic carbocycles. The van der Waals surface area contributed by atoms with Crippen molar-refractivity contribution in [2.45, 2.75) is 6.42 Å². The number of aromatic nitrogens is 3. The Bertz CT molecular complexity index is 1030. The van der Waals surface area contributed by atoms with Gasteiger partial charge in [-0.05, 0) is 41.5 Å². The molecule has 0 amide bonds. The molecule has 2 aromatic heterocycles. The van der Waals surface area contributed by atoms with Gasteiger partial charge in [0.1, 0.15) is 0 Å². The number of hydrogen-bond donors (Lipinski definition) is 0. The minimum absolute atomic E-state index is 0.494. The van der Waals surface area contributed by atoms with Gasteiger partial charge in [0.25, 0.3) is 0 Å². The maximum atomic E-state index is 5.72. The van der Waals surface area contributed by atoms with Gasteiger partial charge >= 0.3 is 0 Å². The number of nitrogens with zero attached hydrogens (tertiary/aromatic N) is 3. The first-order valence-electron chi connectivity index (χ1n) is 7.86. The summed E-state index contributed by atoms with van der Waals surface area (Å²) >= 11 is 3.43. The Hall–Kier alpha value is -2.79. The van der Waals surface area contributed by atoms with Crippen LogP contribution in [0, 0.1) is 0 Å². The van der Waals surface area contributed by atoms with Crippen LogP contribution in [0.5, 0.6) is 0 Å². The minimum Gasteiger partial charge on any atom is -0.421 e. The van der Waals surface area contributed by atoms with Gasteiger partial charge in [-0.3, -0.25) is 4.98 Å². The average molecular weight is 392 g/mol. The first-order valence-corrected chi connectivity index (χ1v) is 8.66. The van der Waals surface area contributed by atoms with Crippen LogP contribution in [0.25, 0.3) is 23.1 Å². The molecule has 4 rings (SSSR count). The van der Waals surface area contributed by atoms with E-state index in [1.807, 2.05) is 60.7 Å². The van der Waals surface area contributed by atoms with E-state index in [4.69, 9.17) is 4.42 Å². The lowest BCUT2D eigenvalue weighted by molar-refractivity contribution is 0.496. The number of rotatable bonds is 4. The minimum atomic E-state index is 0.494. The Kier molecular flexibility index (Phi) is 4.39. The van der Waals surface area contributed by atoms with Gasteiger partial charge in [0.2, 0.25) is 11.8 Å². The van der Waals surface area contributed by atoms with Crippen LogP contribution in [0.3, 0.4) is 0 Å². The summed E-state index contributed by atoms with van der Waals surface area (Å²) in [7, 11) is 0. The van der Waals surface area contributed by atoms with Crippen LogP contribution in [-0.4, -0.2) is 15.2 Å². The quantitative estimate of drug-likeness (QED) is 0.483. The fraction of sp³-hybridized carbons (Fsp3) is 0.0500. The van der Waals surface area contributed by atoms with Crippen molar-refractivity contribution < 1.29 is 4.42 Å². The molecule has 0 atom stereocenters. The van der Waals surface area contributed by atoms with E-state index in [2.05, 4.69) is 37.2 Å². The van der Waals surface area contributed by atoms with Crippen molar-refractivity contribution in [2.75, 3.05) is 0 Å². The Morgan fingerprint density at radius 1 is 0.920 bits per heavy atom. The number of fused-ring (bicyclic) bond motifs is 1. The van der Waals surface area contributed by atoms with Gasteiger partial charge in [-0.25, -0.2) is 0 Å². The molecule has 2 heterocycles. The molecule has 4 aromatic rings. The van der Waals surface area contributed by atoms with E-state index in [0.717, 1.165) is 26.5 Å².